The van der Waals surface area contributed by atoms with E-state index in [1.165, 1.54) is 6.33 Å². The van der Waals surface area contributed by atoms with Gasteiger partial charge >= 0.3 is 0 Å². The SMILES string of the molecule is CC1CCN(C(=O)c2ccc(Cn3cncn3)cc2)CC1. The maximum absolute atomic E-state index is 12.4. The van der Waals surface area contributed by atoms with E-state index >= 15 is 0 Å². The van der Waals surface area contributed by atoms with Crippen molar-refractivity contribution in [1.82, 2.24) is 19.7 Å². The second kappa shape index (κ2) is 6.08. The first kappa shape index (κ1) is 13.8. The summed E-state index contributed by atoms with van der Waals surface area (Å²) in [5.74, 6) is 0.883. The molecule has 0 aliphatic carbocycles. The van der Waals surface area contributed by atoms with E-state index in [0.717, 1.165) is 43.0 Å². The smallest absolute Gasteiger partial charge is 0.253 e. The first-order valence-corrected chi connectivity index (χ1v) is 7.43. The average molecular weight is 284 g/mol. The molecule has 1 aliphatic rings. The van der Waals surface area contributed by atoms with Gasteiger partial charge in [0.2, 0.25) is 0 Å². The van der Waals surface area contributed by atoms with Crippen molar-refractivity contribution in [2.45, 2.75) is 26.3 Å². The summed E-state index contributed by atoms with van der Waals surface area (Å²) in [6.45, 7) is 4.68. The van der Waals surface area contributed by atoms with Crippen LogP contribution in [-0.4, -0.2) is 38.7 Å². The molecule has 5 heteroatoms. The van der Waals surface area contributed by atoms with Gasteiger partial charge in [-0.15, -0.1) is 0 Å². The van der Waals surface area contributed by atoms with Gasteiger partial charge in [-0.05, 0) is 36.5 Å². The maximum atomic E-state index is 12.4. The molecule has 21 heavy (non-hydrogen) atoms. The van der Waals surface area contributed by atoms with Gasteiger partial charge in [0.1, 0.15) is 12.7 Å². The van der Waals surface area contributed by atoms with E-state index < -0.39 is 0 Å². The number of piperidine rings is 1. The molecule has 0 unspecified atom stereocenters. The Hall–Kier alpha value is -2.17. The van der Waals surface area contributed by atoms with Gasteiger partial charge in [0.15, 0.2) is 0 Å². The third-order valence-corrected chi connectivity index (χ3v) is 4.08. The molecule has 0 radical (unpaired) electrons. The highest BCUT2D eigenvalue weighted by Gasteiger charge is 2.21. The van der Waals surface area contributed by atoms with Gasteiger partial charge < -0.3 is 4.90 Å². The molecule has 5 nitrogen and oxygen atoms in total. The number of benzene rings is 1. The molecule has 2 heterocycles. The number of amides is 1. The summed E-state index contributed by atoms with van der Waals surface area (Å²) in [6, 6.07) is 7.79. The van der Waals surface area contributed by atoms with Crippen LogP contribution in [0.1, 0.15) is 35.7 Å². The summed E-state index contributed by atoms with van der Waals surface area (Å²) in [7, 11) is 0. The van der Waals surface area contributed by atoms with Crippen molar-refractivity contribution in [1.29, 1.82) is 0 Å². The Morgan fingerprint density at radius 3 is 2.57 bits per heavy atom. The fourth-order valence-electron chi connectivity index (χ4n) is 2.65. The standard InChI is InChI=1S/C16H20N4O/c1-13-6-8-19(9-7-13)16(21)15-4-2-14(3-5-15)10-20-12-17-11-18-20/h2-5,11-13H,6-10H2,1H3. The molecular weight excluding hydrogens is 264 g/mol. The Labute approximate surface area is 124 Å². The van der Waals surface area contributed by atoms with E-state index in [1.807, 2.05) is 29.2 Å². The predicted octanol–water partition coefficient (Wildman–Crippen LogP) is 2.20. The van der Waals surface area contributed by atoms with Crippen LogP contribution in [0.3, 0.4) is 0 Å². The summed E-state index contributed by atoms with van der Waals surface area (Å²) in [4.78, 5) is 18.3. The van der Waals surface area contributed by atoms with Gasteiger partial charge in [-0.3, -0.25) is 4.79 Å². The molecule has 0 spiro atoms. The van der Waals surface area contributed by atoms with Crippen LogP contribution in [0.25, 0.3) is 0 Å². The van der Waals surface area contributed by atoms with Crippen molar-refractivity contribution in [2.24, 2.45) is 5.92 Å². The summed E-state index contributed by atoms with van der Waals surface area (Å²) in [5.41, 5.74) is 1.89. The van der Waals surface area contributed by atoms with Crippen molar-refractivity contribution in [3.05, 3.63) is 48.0 Å². The van der Waals surface area contributed by atoms with Crippen LogP contribution in [0.2, 0.25) is 0 Å². The van der Waals surface area contributed by atoms with Crippen LogP contribution >= 0.6 is 0 Å². The fraction of sp³-hybridized carbons (Fsp3) is 0.438. The normalized spacial score (nSPS) is 16.1. The zero-order valence-corrected chi connectivity index (χ0v) is 12.3. The monoisotopic (exact) mass is 284 g/mol. The number of rotatable bonds is 3. The molecule has 0 saturated carbocycles. The van der Waals surface area contributed by atoms with E-state index in [2.05, 4.69) is 17.0 Å². The first-order valence-electron chi connectivity index (χ1n) is 7.43. The summed E-state index contributed by atoms with van der Waals surface area (Å²) < 4.78 is 1.77. The molecule has 2 aromatic rings. The van der Waals surface area contributed by atoms with Crippen LogP contribution in [-0.2, 0) is 6.54 Å². The lowest BCUT2D eigenvalue weighted by atomic mass is 9.98. The number of likely N-dealkylation sites (tertiary alicyclic amines) is 1. The van der Waals surface area contributed by atoms with Crippen molar-refractivity contribution in [3.63, 3.8) is 0 Å². The van der Waals surface area contributed by atoms with E-state index in [1.54, 1.807) is 11.0 Å². The quantitative estimate of drug-likeness (QED) is 0.868. The first-order chi connectivity index (χ1) is 10.2. The molecule has 1 aliphatic heterocycles. The van der Waals surface area contributed by atoms with Crippen LogP contribution in [0.5, 0.6) is 0 Å². The number of hydrogen-bond acceptors (Lipinski definition) is 3. The minimum absolute atomic E-state index is 0.147. The summed E-state index contributed by atoms with van der Waals surface area (Å²) >= 11 is 0. The number of hydrogen-bond donors (Lipinski definition) is 0. The zero-order valence-electron chi connectivity index (χ0n) is 12.3. The second-order valence-electron chi connectivity index (χ2n) is 5.76. The molecule has 110 valence electrons. The Kier molecular flexibility index (Phi) is 3.99. The Morgan fingerprint density at radius 2 is 1.95 bits per heavy atom. The zero-order chi connectivity index (χ0) is 14.7. The second-order valence-corrected chi connectivity index (χ2v) is 5.76. The van der Waals surface area contributed by atoms with Gasteiger partial charge in [-0.1, -0.05) is 19.1 Å². The Morgan fingerprint density at radius 1 is 1.24 bits per heavy atom. The molecule has 1 saturated heterocycles. The Bertz CT molecular complexity index is 583. The lowest BCUT2D eigenvalue weighted by Gasteiger charge is -2.30. The number of aromatic nitrogens is 3. The van der Waals surface area contributed by atoms with E-state index in [-0.39, 0.29) is 5.91 Å². The van der Waals surface area contributed by atoms with E-state index in [4.69, 9.17) is 0 Å². The lowest BCUT2D eigenvalue weighted by molar-refractivity contribution is 0.0697. The van der Waals surface area contributed by atoms with Crippen molar-refractivity contribution >= 4 is 5.91 Å². The molecule has 1 fully saturated rings. The molecule has 1 aromatic heterocycles. The molecule has 3 rings (SSSR count). The lowest BCUT2D eigenvalue weighted by Crippen LogP contribution is -2.37. The van der Waals surface area contributed by atoms with Crippen LogP contribution in [0.15, 0.2) is 36.9 Å². The van der Waals surface area contributed by atoms with Crippen molar-refractivity contribution in [2.75, 3.05) is 13.1 Å². The molecule has 0 bridgehead atoms. The van der Waals surface area contributed by atoms with Crippen LogP contribution in [0, 0.1) is 5.92 Å². The van der Waals surface area contributed by atoms with Crippen molar-refractivity contribution < 1.29 is 4.79 Å². The average Bonchev–Trinajstić information content (AvgIpc) is 3.01. The Balaban J connectivity index is 1.64. The van der Waals surface area contributed by atoms with Gasteiger partial charge in [-0.2, -0.15) is 5.10 Å². The summed E-state index contributed by atoms with van der Waals surface area (Å²) in [5, 5.41) is 4.08. The predicted molar refractivity (Wildman–Crippen MR) is 79.9 cm³/mol. The summed E-state index contributed by atoms with van der Waals surface area (Å²) in [6.07, 6.45) is 5.43. The fourth-order valence-corrected chi connectivity index (χ4v) is 2.65. The highest BCUT2D eigenvalue weighted by Crippen LogP contribution is 2.18. The van der Waals surface area contributed by atoms with Gasteiger partial charge in [0.05, 0.1) is 6.54 Å². The van der Waals surface area contributed by atoms with Crippen LogP contribution in [0.4, 0.5) is 0 Å². The minimum atomic E-state index is 0.147. The van der Waals surface area contributed by atoms with Crippen LogP contribution < -0.4 is 0 Å². The minimum Gasteiger partial charge on any atom is -0.339 e. The molecule has 0 atom stereocenters. The third-order valence-electron chi connectivity index (χ3n) is 4.08. The highest BCUT2D eigenvalue weighted by molar-refractivity contribution is 5.94. The number of nitrogens with zero attached hydrogens (tertiary/aromatic N) is 4. The van der Waals surface area contributed by atoms with E-state index in [0.29, 0.717) is 6.54 Å². The highest BCUT2D eigenvalue weighted by atomic mass is 16.2. The number of carbonyl (C=O) groups is 1. The van der Waals surface area contributed by atoms with Crippen molar-refractivity contribution in [3.8, 4) is 0 Å². The molecular formula is C16H20N4O. The molecule has 0 N–H and O–H groups in total. The number of carbonyl (C=O) groups excluding carboxylic acids is 1. The third kappa shape index (κ3) is 3.29. The topological polar surface area (TPSA) is 51.0 Å². The largest absolute Gasteiger partial charge is 0.339 e. The van der Waals surface area contributed by atoms with E-state index in [9.17, 15) is 4.79 Å². The van der Waals surface area contributed by atoms with Gasteiger partial charge in [0.25, 0.3) is 5.91 Å². The van der Waals surface area contributed by atoms with Gasteiger partial charge in [0, 0.05) is 18.7 Å². The molecule has 1 amide bonds. The maximum Gasteiger partial charge on any atom is 0.253 e. The molecule has 1 aromatic carbocycles. The van der Waals surface area contributed by atoms with Gasteiger partial charge in [-0.25, -0.2) is 9.67 Å².